The van der Waals surface area contributed by atoms with Gasteiger partial charge in [0, 0.05) is 25.9 Å². The highest BCUT2D eigenvalue weighted by atomic mass is 32.2. The fourth-order valence-corrected chi connectivity index (χ4v) is 5.76. The molecule has 2 atom stereocenters. The van der Waals surface area contributed by atoms with Crippen LogP contribution in [0, 0.1) is 5.92 Å². The molecule has 37 heavy (non-hydrogen) atoms. The summed E-state index contributed by atoms with van der Waals surface area (Å²) in [5, 5.41) is 2.64. The fraction of sp³-hybridized carbons (Fsp3) is 0.481. The van der Waals surface area contributed by atoms with E-state index in [-0.39, 0.29) is 30.8 Å². The highest BCUT2D eigenvalue weighted by Crippen LogP contribution is 2.45. The van der Waals surface area contributed by atoms with Crippen LogP contribution in [0.1, 0.15) is 44.7 Å². The number of aliphatic imine (C=N–C) groups is 1. The summed E-state index contributed by atoms with van der Waals surface area (Å²) in [6.45, 7) is 5.31. The first kappa shape index (κ1) is 26.9. The van der Waals surface area contributed by atoms with Crippen molar-refractivity contribution in [3.8, 4) is 0 Å². The summed E-state index contributed by atoms with van der Waals surface area (Å²) in [4.78, 5) is 47.3. The second kappa shape index (κ2) is 12.4. The van der Waals surface area contributed by atoms with Crippen LogP contribution in [0.25, 0.3) is 0 Å². The Morgan fingerprint density at radius 2 is 1.92 bits per heavy atom. The van der Waals surface area contributed by atoms with Gasteiger partial charge in [-0.1, -0.05) is 42.1 Å². The van der Waals surface area contributed by atoms with Crippen LogP contribution in [0.3, 0.4) is 0 Å². The maximum absolute atomic E-state index is 13.4. The van der Waals surface area contributed by atoms with E-state index in [4.69, 9.17) is 19.2 Å². The number of amides is 1. The molecule has 9 nitrogen and oxygen atoms in total. The molecule has 4 rings (SSSR count). The maximum atomic E-state index is 13.4. The molecule has 3 heterocycles. The molecule has 0 saturated carbocycles. The van der Waals surface area contributed by atoms with Gasteiger partial charge in [0.1, 0.15) is 6.61 Å². The van der Waals surface area contributed by atoms with E-state index in [0.717, 1.165) is 24.1 Å². The number of carbonyl (C=O) groups excluding carboxylic acids is 3. The summed E-state index contributed by atoms with van der Waals surface area (Å²) in [5.74, 6) is -1.07. The Morgan fingerprint density at radius 3 is 2.65 bits per heavy atom. The molecule has 1 aromatic rings. The lowest BCUT2D eigenvalue weighted by atomic mass is 9.93. The summed E-state index contributed by atoms with van der Waals surface area (Å²) in [6, 6.07) is 9.20. The lowest BCUT2D eigenvalue weighted by Gasteiger charge is -2.37. The number of likely N-dealkylation sites (tertiary alicyclic amines) is 1. The van der Waals surface area contributed by atoms with Crippen molar-refractivity contribution in [2.45, 2.75) is 39.2 Å². The molecule has 0 aromatic heterocycles. The number of ether oxygens (including phenoxy) is 3. The predicted octanol–water partition coefficient (Wildman–Crippen LogP) is 3.64. The van der Waals surface area contributed by atoms with Crippen LogP contribution in [-0.2, 0) is 28.6 Å². The van der Waals surface area contributed by atoms with E-state index >= 15 is 0 Å². The van der Waals surface area contributed by atoms with E-state index in [1.807, 2.05) is 40.6 Å². The number of benzene rings is 1. The molecule has 198 valence electrons. The lowest BCUT2D eigenvalue weighted by Crippen LogP contribution is -2.44. The number of nitrogens with zero attached hydrogens (tertiary/aromatic N) is 3. The number of hydrogen-bond donors (Lipinski definition) is 0. The van der Waals surface area contributed by atoms with Crippen LogP contribution < -0.4 is 0 Å². The monoisotopic (exact) mass is 527 g/mol. The number of hydrogen-bond acceptors (Lipinski definition) is 9. The van der Waals surface area contributed by atoms with E-state index < -0.39 is 12.0 Å². The molecule has 1 saturated heterocycles. The lowest BCUT2D eigenvalue weighted by molar-refractivity contribution is -0.151. The Morgan fingerprint density at radius 1 is 1.14 bits per heavy atom. The Labute approximate surface area is 221 Å². The van der Waals surface area contributed by atoms with Crippen molar-refractivity contribution in [2.75, 3.05) is 40.0 Å². The van der Waals surface area contributed by atoms with Crippen LogP contribution in [-0.4, -0.2) is 72.8 Å². The van der Waals surface area contributed by atoms with E-state index in [0.29, 0.717) is 42.7 Å². The van der Waals surface area contributed by atoms with Gasteiger partial charge in [-0.15, -0.1) is 0 Å². The minimum absolute atomic E-state index is 0.0654. The standard InChI is InChI=1S/C27H33N3O6S/c1-4-35-25(32)20-11-8-12-29(16-20)22(31)15-21-17-37-27-28-18(2)23(26(33)36-14-13-34-3)24(30(21)27)19-9-6-5-7-10-19/h5-7,9-10,17,20,24H,4,8,11-16H2,1-3H3/t20-,24-/m0/s1. The fourth-order valence-electron chi connectivity index (χ4n) is 4.80. The molecule has 0 aliphatic carbocycles. The highest BCUT2D eigenvalue weighted by molar-refractivity contribution is 8.16. The molecule has 0 spiro atoms. The summed E-state index contributed by atoms with van der Waals surface area (Å²) < 4.78 is 15.7. The van der Waals surface area contributed by atoms with Gasteiger partial charge in [0.15, 0.2) is 5.17 Å². The number of amidine groups is 1. The number of fused-ring (bicyclic) bond motifs is 1. The van der Waals surface area contributed by atoms with Crippen molar-refractivity contribution in [1.82, 2.24) is 9.80 Å². The van der Waals surface area contributed by atoms with Crippen molar-refractivity contribution < 1.29 is 28.6 Å². The maximum Gasteiger partial charge on any atom is 0.338 e. The zero-order valence-electron chi connectivity index (χ0n) is 21.5. The third-order valence-electron chi connectivity index (χ3n) is 6.58. The minimum atomic E-state index is -0.480. The summed E-state index contributed by atoms with van der Waals surface area (Å²) in [5.41, 5.74) is 2.68. The van der Waals surface area contributed by atoms with Crippen molar-refractivity contribution in [3.63, 3.8) is 0 Å². The van der Waals surface area contributed by atoms with Gasteiger partial charge >= 0.3 is 11.9 Å². The number of methoxy groups -OCH3 is 1. The number of piperidine rings is 1. The van der Waals surface area contributed by atoms with E-state index in [2.05, 4.69) is 0 Å². The molecule has 0 N–H and O–H groups in total. The molecule has 0 radical (unpaired) electrons. The SMILES string of the molecule is CCOC(=O)[C@H]1CCCN(C(=O)CC2=CSC3=NC(C)=C(C(=O)OCCOC)[C@H](c4ccccc4)N23)C1. The first-order chi connectivity index (χ1) is 17.9. The first-order valence-electron chi connectivity index (χ1n) is 12.5. The molecule has 10 heteroatoms. The Bertz CT molecular complexity index is 1120. The quantitative estimate of drug-likeness (QED) is 0.355. The molecular weight excluding hydrogens is 494 g/mol. The Hall–Kier alpha value is -3.11. The third kappa shape index (κ3) is 6.07. The van der Waals surface area contributed by atoms with Crippen molar-refractivity contribution in [2.24, 2.45) is 10.9 Å². The average Bonchev–Trinajstić information content (AvgIpc) is 3.30. The molecule has 3 aliphatic rings. The van der Waals surface area contributed by atoms with Gasteiger partial charge in [-0.3, -0.25) is 9.59 Å². The second-order valence-corrected chi connectivity index (χ2v) is 9.88. The van der Waals surface area contributed by atoms with Gasteiger partial charge in [-0.25, -0.2) is 9.79 Å². The van der Waals surface area contributed by atoms with E-state index in [9.17, 15) is 14.4 Å². The molecule has 1 aromatic carbocycles. The second-order valence-electron chi connectivity index (χ2n) is 9.04. The van der Waals surface area contributed by atoms with Crippen molar-refractivity contribution >= 4 is 34.8 Å². The molecule has 1 amide bonds. The summed E-state index contributed by atoms with van der Waals surface area (Å²) in [7, 11) is 1.55. The number of rotatable bonds is 9. The zero-order valence-corrected chi connectivity index (χ0v) is 22.3. The first-order valence-corrected chi connectivity index (χ1v) is 13.4. The van der Waals surface area contributed by atoms with Crippen LogP contribution in [0.4, 0.5) is 0 Å². The molecule has 3 aliphatic heterocycles. The molecule has 0 bridgehead atoms. The number of allylic oxidation sites excluding steroid dienone is 1. The van der Waals surface area contributed by atoms with Gasteiger partial charge in [0.25, 0.3) is 0 Å². The minimum Gasteiger partial charge on any atom is -0.466 e. The number of esters is 2. The predicted molar refractivity (Wildman–Crippen MR) is 140 cm³/mol. The number of thioether (sulfide) groups is 1. The van der Waals surface area contributed by atoms with E-state index in [1.54, 1.807) is 25.9 Å². The topological polar surface area (TPSA) is 97.7 Å². The Kier molecular flexibility index (Phi) is 9.04. The molecule has 1 fully saturated rings. The molecular formula is C27H33N3O6S. The van der Waals surface area contributed by atoms with Gasteiger partial charge < -0.3 is 24.0 Å². The van der Waals surface area contributed by atoms with Crippen LogP contribution in [0.2, 0.25) is 0 Å². The number of carbonyl (C=O) groups is 3. The normalized spacial score (nSPS) is 21.3. The smallest absolute Gasteiger partial charge is 0.338 e. The third-order valence-corrected chi connectivity index (χ3v) is 7.47. The highest BCUT2D eigenvalue weighted by Gasteiger charge is 2.41. The Balaban J connectivity index is 1.57. The van der Waals surface area contributed by atoms with Crippen LogP contribution in [0.5, 0.6) is 0 Å². The largest absolute Gasteiger partial charge is 0.466 e. The van der Waals surface area contributed by atoms with Crippen LogP contribution >= 0.6 is 11.8 Å². The zero-order chi connectivity index (χ0) is 26.4. The molecule has 0 unspecified atom stereocenters. The summed E-state index contributed by atoms with van der Waals surface area (Å²) in [6.07, 6.45) is 1.61. The van der Waals surface area contributed by atoms with Gasteiger partial charge in [-0.05, 0) is 37.7 Å². The van der Waals surface area contributed by atoms with Crippen molar-refractivity contribution in [1.29, 1.82) is 0 Å². The van der Waals surface area contributed by atoms with Crippen molar-refractivity contribution in [3.05, 3.63) is 58.3 Å². The summed E-state index contributed by atoms with van der Waals surface area (Å²) >= 11 is 1.44. The van der Waals surface area contributed by atoms with Crippen LogP contribution in [0.15, 0.2) is 57.7 Å². The van der Waals surface area contributed by atoms with Gasteiger partial charge in [0.05, 0.1) is 42.9 Å². The van der Waals surface area contributed by atoms with Gasteiger partial charge in [-0.2, -0.15) is 0 Å². The average molecular weight is 528 g/mol. The van der Waals surface area contributed by atoms with Gasteiger partial charge in [0.2, 0.25) is 5.91 Å². The van der Waals surface area contributed by atoms with E-state index in [1.165, 1.54) is 11.8 Å².